The van der Waals surface area contributed by atoms with E-state index < -0.39 is 0 Å². The molecule has 1 saturated heterocycles. The Labute approximate surface area is 122 Å². The molecule has 1 aliphatic rings. The Bertz CT molecular complexity index is 432. The van der Waals surface area contributed by atoms with Gasteiger partial charge in [-0.3, -0.25) is 0 Å². The zero-order valence-electron chi connectivity index (χ0n) is 13.1. The number of hydrogen-bond acceptors (Lipinski definition) is 5. The summed E-state index contributed by atoms with van der Waals surface area (Å²) in [4.78, 5) is 11.2. The van der Waals surface area contributed by atoms with Crippen LogP contribution in [0, 0.1) is 5.92 Å². The first-order valence-corrected chi connectivity index (χ1v) is 7.56. The molecule has 1 atom stereocenters. The minimum atomic E-state index is 0.398. The molecule has 0 radical (unpaired) electrons. The fourth-order valence-electron chi connectivity index (χ4n) is 2.96. The van der Waals surface area contributed by atoms with Crippen LogP contribution in [0.3, 0.4) is 0 Å². The molecular weight excluding hydrogens is 250 g/mol. The highest BCUT2D eigenvalue weighted by molar-refractivity contribution is 5.58. The number of nitrogens with zero attached hydrogens (tertiary/aromatic N) is 3. The van der Waals surface area contributed by atoms with Gasteiger partial charge in [0.05, 0.1) is 0 Å². The number of aromatic nitrogens is 2. The van der Waals surface area contributed by atoms with E-state index >= 15 is 0 Å². The average Bonchev–Trinajstić information content (AvgIpc) is 2.44. The van der Waals surface area contributed by atoms with Gasteiger partial charge in [0.25, 0.3) is 0 Å². The summed E-state index contributed by atoms with van der Waals surface area (Å²) in [5.74, 6) is 3.02. The number of nitrogens with one attached hydrogen (secondary N) is 2. The summed E-state index contributed by atoms with van der Waals surface area (Å²) < 4.78 is 0. The summed E-state index contributed by atoms with van der Waals surface area (Å²) in [6.45, 7) is 7.75. The molecular formula is C15H27N5. The maximum absolute atomic E-state index is 4.44. The van der Waals surface area contributed by atoms with Gasteiger partial charge >= 0.3 is 0 Å². The van der Waals surface area contributed by atoms with E-state index in [2.05, 4.69) is 46.4 Å². The van der Waals surface area contributed by atoms with Crippen LogP contribution in [0.25, 0.3) is 0 Å². The lowest BCUT2D eigenvalue weighted by Crippen LogP contribution is -2.35. The van der Waals surface area contributed by atoms with E-state index in [0.717, 1.165) is 18.2 Å². The van der Waals surface area contributed by atoms with Gasteiger partial charge in [-0.2, -0.15) is 0 Å². The van der Waals surface area contributed by atoms with E-state index in [-0.39, 0.29) is 0 Å². The monoisotopic (exact) mass is 277 g/mol. The predicted octanol–water partition coefficient (Wildman–Crippen LogP) is 2.40. The van der Waals surface area contributed by atoms with E-state index in [9.17, 15) is 0 Å². The molecule has 5 nitrogen and oxygen atoms in total. The Kier molecular flexibility index (Phi) is 5.17. The smallest absolute Gasteiger partial charge is 0.134 e. The lowest BCUT2D eigenvalue weighted by Gasteiger charge is -2.30. The van der Waals surface area contributed by atoms with Crippen LogP contribution in [0.1, 0.15) is 38.2 Å². The largest absolute Gasteiger partial charge is 0.373 e. The fourth-order valence-corrected chi connectivity index (χ4v) is 2.96. The van der Waals surface area contributed by atoms with E-state index in [1.807, 2.05) is 7.05 Å². The van der Waals surface area contributed by atoms with Crippen molar-refractivity contribution in [2.45, 2.75) is 32.6 Å². The van der Waals surface area contributed by atoms with E-state index in [1.54, 1.807) is 6.33 Å². The zero-order chi connectivity index (χ0) is 14.5. The quantitative estimate of drug-likeness (QED) is 0.865. The summed E-state index contributed by atoms with van der Waals surface area (Å²) >= 11 is 0. The first-order valence-electron chi connectivity index (χ1n) is 7.56. The lowest BCUT2D eigenvalue weighted by atomic mass is 9.98. The van der Waals surface area contributed by atoms with Gasteiger partial charge < -0.3 is 15.5 Å². The molecule has 0 bridgehead atoms. The Balaban J connectivity index is 2.05. The van der Waals surface area contributed by atoms with Crippen LogP contribution < -0.4 is 10.6 Å². The van der Waals surface area contributed by atoms with Gasteiger partial charge in [0.15, 0.2) is 0 Å². The van der Waals surface area contributed by atoms with Crippen molar-refractivity contribution in [2.75, 3.05) is 44.4 Å². The second-order valence-corrected chi connectivity index (χ2v) is 6.04. The van der Waals surface area contributed by atoms with Crippen molar-refractivity contribution in [1.82, 2.24) is 14.9 Å². The van der Waals surface area contributed by atoms with Gasteiger partial charge in [-0.25, -0.2) is 9.97 Å². The minimum absolute atomic E-state index is 0.398. The molecule has 20 heavy (non-hydrogen) atoms. The topological polar surface area (TPSA) is 53.1 Å². The highest BCUT2D eigenvalue weighted by Crippen LogP contribution is 2.28. The fraction of sp³-hybridized carbons (Fsp3) is 0.733. The number of likely N-dealkylation sites (tertiary alicyclic amines) is 1. The van der Waals surface area contributed by atoms with E-state index in [1.165, 1.54) is 31.5 Å². The van der Waals surface area contributed by atoms with Crippen LogP contribution in [-0.2, 0) is 0 Å². The Morgan fingerprint density at radius 3 is 2.75 bits per heavy atom. The van der Waals surface area contributed by atoms with Crippen molar-refractivity contribution in [3.05, 3.63) is 11.9 Å². The number of piperidine rings is 1. The van der Waals surface area contributed by atoms with Crippen LogP contribution in [0.2, 0.25) is 0 Å². The van der Waals surface area contributed by atoms with Crippen molar-refractivity contribution in [1.29, 1.82) is 0 Å². The van der Waals surface area contributed by atoms with Crippen molar-refractivity contribution in [3.63, 3.8) is 0 Å². The molecule has 1 unspecified atom stereocenters. The third-order valence-corrected chi connectivity index (χ3v) is 3.98. The Morgan fingerprint density at radius 2 is 2.10 bits per heavy atom. The van der Waals surface area contributed by atoms with Gasteiger partial charge in [-0.15, -0.1) is 0 Å². The predicted molar refractivity (Wildman–Crippen MR) is 84.4 cm³/mol. The highest BCUT2D eigenvalue weighted by atomic mass is 15.1. The molecule has 1 aromatic heterocycles. The summed E-state index contributed by atoms with van der Waals surface area (Å²) in [5, 5.41) is 6.70. The van der Waals surface area contributed by atoms with Gasteiger partial charge in [0, 0.05) is 25.7 Å². The van der Waals surface area contributed by atoms with Crippen LogP contribution in [-0.4, -0.2) is 48.6 Å². The highest BCUT2D eigenvalue weighted by Gasteiger charge is 2.19. The summed E-state index contributed by atoms with van der Waals surface area (Å²) in [6, 6.07) is 0. The van der Waals surface area contributed by atoms with Gasteiger partial charge in [0.1, 0.15) is 18.0 Å². The van der Waals surface area contributed by atoms with Crippen LogP contribution in [0.5, 0.6) is 0 Å². The number of rotatable bonds is 5. The summed E-state index contributed by atoms with van der Waals surface area (Å²) in [7, 11) is 4.11. The average molecular weight is 277 g/mol. The molecule has 1 fully saturated rings. The molecule has 2 heterocycles. The van der Waals surface area contributed by atoms with Crippen molar-refractivity contribution in [3.8, 4) is 0 Å². The van der Waals surface area contributed by atoms with Gasteiger partial charge in [-0.1, -0.05) is 13.8 Å². The van der Waals surface area contributed by atoms with E-state index in [4.69, 9.17) is 0 Å². The molecule has 0 aromatic carbocycles. The maximum Gasteiger partial charge on any atom is 0.134 e. The second kappa shape index (κ2) is 6.88. The zero-order valence-corrected chi connectivity index (χ0v) is 13.1. The molecule has 112 valence electrons. The van der Waals surface area contributed by atoms with Gasteiger partial charge in [-0.05, 0) is 38.3 Å². The SMILES string of the molecule is CNc1ncnc(NCC2CCCN(C)C2)c1C(C)C. The molecule has 1 aromatic rings. The molecule has 0 saturated carbocycles. The van der Waals surface area contributed by atoms with Crippen LogP contribution in [0.15, 0.2) is 6.33 Å². The third-order valence-electron chi connectivity index (χ3n) is 3.98. The first-order chi connectivity index (χ1) is 9.61. The third kappa shape index (κ3) is 3.60. The van der Waals surface area contributed by atoms with Crippen molar-refractivity contribution < 1.29 is 0 Å². The lowest BCUT2D eigenvalue weighted by molar-refractivity contribution is 0.217. The van der Waals surface area contributed by atoms with Crippen LogP contribution >= 0.6 is 0 Å². The van der Waals surface area contributed by atoms with Crippen molar-refractivity contribution >= 4 is 11.6 Å². The van der Waals surface area contributed by atoms with Crippen LogP contribution in [0.4, 0.5) is 11.6 Å². The standard InChI is InChI=1S/C15H27N5/c1-11(2)13-14(16-3)18-10-19-15(13)17-8-12-6-5-7-20(4)9-12/h10-12H,5-9H2,1-4H3,(H2,16,17,18,19). The van der Waals surface area contributed by atoms with Gasteiger partial charge in [0.2, 0.25) is 0 Å². The number of hydrogen-bond donors (Lipinski definition) is 2. The first kappa shape index (κ1) is 15.0. The number of anilines is 2. The Hall–Kier alpha value is -1.36. The molecule has 0 spiro atoms. The maximum atomic E-state index is 4.44. The summed E-state index contributed by atoms with van der Waals surface area (Å²) in [5.41, 5.74) is 1.18. The molecule has 2 N–H and O–H groups in total. The molecule has 0 amide bonds. The van der Waals surface area contributed by atoms with Crippen molar-refractivity contribution in [2.24, 2.45) is 5.92 Å². The minimum Gasteiger partial charge on any atom is -0.373 e. The molecule has 2 rings (SSSR count). The molecule has 5 heteroatoms. The second-order valence-electron chi connectivity index (χ2n) is 6.04. The summed E-state index contributed by atoms with van der Waals surface area (Å²) in [6.07, 6.45) is 4.23. The normalized spacial score (nSPS) is 20.1. The molecule has 1 aliphatic heterocycles. The van der Waals surface area contributed by atoms with E-state index in [0.29, 0.717) is 11.8 Å². The molecule has 0 aliphatic carbocycles. The Morgan fingerprint density at radius 1 is 1.35 bits per heavy atom.